The summed E-state index contributed by atoms with van der Waals surface area (Å²) < 4.78 is 35.1. The summed E-state index contributed by atoms with van der Waals surface area (Å²) in [5, 5.41) is 16.6. The highest BCUT2D eigenvalue weighted by Crippen LogP contribution is 2.44. The number of allylic oxidation sites excluding steroid dienone is 1. The first kappa shape index (κ1) is 56.0. The molecule has 2 amide bonds. The van der Waals surface area contributed by atoms with E-state index in [9.17, 15) is 28.1 Å². The fourth-order valence-electron chi connectivity index (χ4n) is 10.8. The number of nitrogens with zero attached hydrogens (tertiary/aromatic N) is 6. The number of hydrogen-bond donors (Lipinski definition) is 2. The highest BCUT2D eigenvalue weighted by Gasteiger charge is 2.36. The van der Waals surface area contributed by atoms with E-state index < -0.39 is 26.5 Å². The number of piperazine rings is 2. The largest absolute Gasteiger partial charge is 0.444 e. The summed E-state index contributed by atoms with van der Waals surface area (Å²) >= 11 is 8.01. The molecule has 1 aliphatic carbocycles. The van der Waals surface area contributed by atoms with E-state index in [0.717, 1.165) is 132 Å². The van der Waals surface area contributed by atoms with Crippen LogP contribution in [-0.4, -0.2) is 147 Å². The van der Waals surface area contributed by atoms with Crippen LogP contribution in [0.4, 0.5) is 21.9 Å². The topological polar surface area (TPSA) is 161 Å². The maximum absolute atomic E-state index is 13.7. The average Bonchev–Trinajstić information content (AvgIpc) is 3.67. The lowest BCUT2D eigenvalue weighted by molar-refractivity contribution is -0.384. The Morgan fingerprint density at radius 3 is 2.15 bits per heavy atom. The first-order valence-corrected chi connectivity index (χ1v) is 29.5. The number of halogens is 1. The third kappa shape index (κ3) is 15.9. The van der Waals surface area contributed by atoms with Crippen molar-refractivity contribution in [1.29, 1.82) is 0 Å². The van der Waals surface area contributed by atoms with Crippen molar-refractivity contribution in [2.45, 2.75) is 100 Å². The molecule has 3 heterocycles. The van der Waals surface area contributed by atoms with Crippen LogP contribution in [0.15, 0.2) is 112 Å². The summed E-state index contributed by atoms with van der Waals surface area (Å²) in [6.45, 7) is 19.0. The van der Waals surface area contributed by atoms with Gasteiger partial charge in [0.05, 0.1) is 9.82 Å². The van der Waals surface area contributed by atoms with Crippen molar-refractivity contribution in [3.05, 3.63) is 129 Å². The number of carbonyl (C=O) groups is 2. The van der Waals surface area contributed by atoms with Crippen molar-refractivity contribution >= 4 is 68.0 Å². The van der Waals surface area contributed by atoms with Gasteiger partial charge < -0.3 is 24.8 Å². The van der Waals surface area contributed by atoms with Crippen molar-refractivity contribution in [2.24, 2.45) is 5.41 Å². The van der Waals surface area contributed by atoms with Gasteiger partial charge in [0.25, 0.3) is 21.6 Å². The van der Waals surface area contributed by atoms with Gasteiger partial charge in [-0.15, -0.1) is 11.8 Å². The molecule has 2 atom stereocenters. The smallest absolute Gasteiger partial charge is 0.410 e. The maximum atomic E-state index is 13.7. The van der Waals surface area contributed by atoms with Crippen LogP contribution in [0.25, 0.3) is 5.57 Å². The van der Waals surface area contributed by atoms with E-state index in [2.05, 4.69) is 48.7 Å². The van der Waals surface area contributed by atoms with E-state index in [4.69, 9.17) is 16.3 Å². The number of anilines is 2. The molecule has 4 aromatic carbocycles. The van der Waals surface area contributed by atoms with E-state index in [1.165, 1.54) is 41.7 Å². The van der Waals surface area contributed by atoms with Crippen molar-refractivity contribution in [3.8, 4) is 0 Å². The number of nitro groups is 1. The first-order chi connectivity index (χ1) is 35.9. The molecule has 0 bridgehead atoms. The molecule has 3 aliphatic heterocycles. The van der Waals surface area contributed by atoms with Crippen LogP contribution in [0.5, 0.6) is 0 Å². The number of rotatable bonds is 18. The van der Waals surface area contributed by atoms with E-state index >= 15 is 0 Å². The molecule has 0 spiro atoms. The minimum Gasteiger partial charge on any atom is -0.444 e. The lowest BCUT2D eigenvalue weighted by Crippen LogP contribution is -2.52. The van der Waals surface area contributed by atoms with Gasteiger partial charge in [0.2, 0.25) is 0 Å². The second-order valence-electron chi connectivity index (χ2n) is 22.0. The summed E-state index contributed by atoms with van der Waals surface area (Å²) in [6, 6.07) is 28.8. The van der Waals surface area contributed by atoms with Crippen LogP contribution < -0.4 is 14.9 Å². The molecule has 2 unspecified atom stereocenters. The van der Waals surface area contributed by atoms with Gasteiger partial charge in [-0.25, -0.2) is 17.9 Å². The highest BCUT2D eigenvalue weighted by atomic mass is 35.5. The summed E-state index contributed by atoms with van der Waals surface area (Å²) in [5.74, 6) is -0.165. The van der Waals surface area contributed by atoms with Crippen LogP contribution in [0.2, 0.25) is 5.02 Å². The second-order valence-corrected chi connectivity index (χ2v) is 25.2. The van der Waals surface area contributed by atoms with Gasteiger partial charge in [0, 0.05) is 111 Å². The third-order valence-electron chi connectivity index (χ3n) is 14.9. The predicted octanol–water partition coefficient (Wildman–Crippen LogP) is 10.5. The minimum atomic E-state index is -4.47. The lowest BCUT2D eigenvalue weighted by Gasteiger charge is -2.44. The lowest BCUT2D eigenvalue weighted by atomic mass is 9.71. The molecule has 3 fully saturated rings. The van der Waals surface area contributed by atoms with Crippen LogP contribution in [-0.2, 0) is 14.8 Å². The number of carbonyl (C=O) groups excluding carboxylic acids is 2. The highest BCUT2D eigenvalue weighted by molar-refractivity contribution is 7.99. The zero-order valence-corrected chi connectivity index (χ0v) is 46.5. The molecule has 4 aromatic rings. The molecule has 4 aliphatic rings. The second kappa shape index (κ2) is 25.3. The van der Waals surface area contributed by atoms with Gasteiger partial charge in [0.1, 0.15) is 11.3 Å². The van der Waals surface area contributed by atoms with E-state index in [0.29, 0.717) is 18.8 Å². The van der Waals surface area contributed by atoms with E-state index in [1.54, 1.807) is 23.9 Å². The maximum Gasteiger partial charge on any atom is 0.410 e. The van der Waals surface area contributed by atoms with Gasteiger partial charge in [-0.3, -0.25) is 24.7 Å². The molecule has 8 rings (SSSR count). The normalized spacial score (nSPS) is 20.1. The fraction of sp³-hybridized carbons (Fsp3) is 0.509. The first-order valence-electron chi connectivity index (χ1n) is 26.7. The zero-order chi connectivity index (χ0) is 53.2. The van der Waals surface area contributed by atoms with Gasteiger partial charge in [-0.1, -0.05) is 67.3 Å². The third-order valence-corrected chi connectivity index (χ3v) is 17.7. The zero-order valence-electron chi connectivity index (χ0n) is 44.1. The summed E-state index contributed by atoms with van der Waals surface area (Å²) in [7, 11) is -4.47. The Hall–Kier alpha value is -5.17. The molecule has 3 saturated heterocycles. The molecule has 2 N–H and O–H groups in total. The molecule has 404 valence electrons. The number of ether oxygens (including phenoxy) is 1. The predicted molar refractivity (Wildman–Crippen MR) is 302 cm³/mol. The number of sulfonamides is 1. The number of thioether (sulfide) groups is 1. The van der Waals surface area contributed by atoms with E-state index in [-0.39, 0.29) is 39.4 Å². The van der Waals surface area contributed by atoms with Crippen molar-refractivity contribution in [1.82, 2.24) is 24.3 Å². The fourth-order valence-corrected chi connectivity index (χ4v) is 12.9. The molecule has 0 saturated carbocycles. The standard InChI is InChI=1S/C57H75ClN8O7S2/c1-56(2,3)73-55(68)65-36-32-63(33-37-65)42-57(4)26-24-51(43-14-18-46(58)19-15-43)45(39-57)40-62-30-34-64(35-31-62)48-20-16-44(17-21-48)54(67)60-75(71,72)50-22-23-52(53(38-50)66(69)70)59-47(41-74-49-12-8-7-9-13-49)25-29-61-27-10-5-6-11-28-61/h7-9,12-23,38,47,59H,5-6,10-11,24-37,39-42H2,1-4H3,(H,60,67). The number of amides is 2. The van der Waals surface area contributed by atoms with Gasteiger partial charge in [-0.05, 0) is 150 Å². The molecular weight excluding hydrogens is 1010 g/mol. The van der Waals surface area contributed by atoms with Crippen molar-refractivity contribution in [3.63, 3.8) is 0 Å². The minimum absolute atomic E-state index is 0.0760. The monoisotopic (exact) mass is 1080 g/mol. The number of nitro benzene ring substituents is 1. The Bertz CT molecular complexity index is 2720. The number of hydrogen-bond acceptors (Lipinski definition) is 13. The van der Waals surface area contributed by atoms with Crippen LogP contribution >= 0.6 is 23.4 Å². The van der Waals surface area contributed by atoms with Crippen molar-refractivity contribution in [2.75, 3.05) is 101 Å². The molecule has 18 heteroatoms. The molecule has 75 heavy (non-hydrogen) atoms. The molecular formula is C57H75ClN8O7S2. The Balaban J connectivity index is 0.865. The summed E-state index contributed by atoms with van der Waals surface area (Å²) in [6.07, 6.45) is 8.32. The summed E-state index contributed by atoms with van der Waals surface area (Å²) in [5.41, 5.74) is 4.57. The number of nitrogens with one attached hydrogen (secondary N) is 2. The SMILES string of the molecule is CC1(CN2CCN(C(=O)OC(C)(C)C)CC2)CCC(c2ccc(Cl)cc2)=C(CN2CCN(c3ccc(C(=O)NS(=O)(=O)c4ccc(NC(CCN5CCCCCC5)CSc5ccccc5)c([N+](=O)[O-])c4)cc3)CC2)C1. The van der Waals surface area contributed by atoms with Crippen molar-refractivity contribution < 1.29 is 27.7 Å². The van der Waals surface area contributed by atoms with Gasteiger partial charge >= 0.3 is 6.09 Å². The Kier molecular flexibility index (Phi) is 18.9. The Labute approximate surface area is 453 Å². The number of likely N-dealkylation sites (tertiary alicyclic amines) is 1. The number of benzene rings is 4. The summed E-state index contributed by atoms with van der Waals surface area (Å²) in [4.78, 5) is 50.5. The molecule has 15 nitrogen and oxygen atoms in total. The van der Waals surface area contributed by atoms with Gasteiger partial charge in [0.15, 0.2) is 0 Å². The average molecular weight is 1080 g/mol. The molecule has 0 aromatic heterocycles. The van der Waals surface area contributed by atoms with Crippen LogP contribution in [0, 0.1) is 15.5 Å². The molecule has 0 radical (unpaired) electrons. The van der Waals surface area contributed by atoms with E-state index in [1.807, 2.05) is 80.3 Å². The Morgan fingerprint density at radius 1 is 0.827 bits per heavy atom. The van der Waals surface area contributed by atoms with Crippen LogP contribution in [0.3, 0.4) is 0 Å². The van der Waals surface area contributed by atoms with Gasteiger partial charge in [-0.2, -0.15) is 0 Å². The Morgan fingerprint density at radius 2 is 1.49 bits per heavy atom. The van der Waals surface area contributed by atoms with Crippen LogP contribution in [0.1, 0.15) is 95.0 Å². The quantitative estimate of drug-likeness (QED) is 0.0551.